The van der Waals surface area contributed by atoms with E-state index in [1.165, 1.54) is 0 Å². The van der Waals surface area contributed by atoms with Crippen molar-refractivity contribution in [3.8, 4) is 5.75 Å². The quantitative estimate of drug-likeness (QED) is 0.810. The lowest BCUT2D eigenvalue weighted by Gasteiger charge is -2.26. The topological polar surface area (TPSA) is 69.6 Å². The van der Waals surface area contributed by atoms with Crippen LogP contribution in [-0.4, -0.2) is 21.7 Å². The maximum absolute atomic E-state index is 11.8. The standard InChI is InChI=1S/C18H19NO3/c1-12-5-4-8-15(16(12)20)11-19-18(17(21)22)9-13-6-2-3-7-14(13)10-18/h2-8,19-20H,9-11H2,1H3,(H,21,22). The fraction of sp³-hybridized carbons (Fsp3) is 0.278. The highest BCUT2D eigenvalue weighted by Crippen LogP contribution is 2.31. The molecule has 0 unspecified atom stereocenters. The van der Waals surface area contributed by atoms with Crippen LogP contribution in [0.5, 0.6) is 5.75 Å². The number of hydrogen-bond donors (Lipinski definition) is 3. The first-order valence-electron chi connectivity index (χ1n) is 7.34. The molecule has 0 heterocycles. The number of aromatic hydroxyl groups is 1. The Morgan fingerprint density at radius 1 is 1.14 bits per heavy atom. The molecule has 0 aromatic heterocycles. The van der Waals surface area contributed by atoms with Crippen LogP contribution in [-0.2, 0) is 24.2 Å². The van der Waals surface area contributed by atoms with E-state index in [0.717, 1.165) is 22.3 Å². The highest BCUT2D eigenvalue weighted by atomic mass is 16.4. The Morgan fingerprint density at radius 2 is 1.77 bits per heavy atom. The molecule has 2 aromatic carbocycles. The van der Waals surface area contributed by atoms with Crippen LogP contribution in [0.1, 0.15) is 22.3 Å². The number of aliphatic carboxylic acids is 1. The molecule has 0 aliphatic heterocycles. The molecule has 1 aliphatic rings. The Morgan fingerprint density at radius 3 is 2.36 bits per heavy atom. The fourth-order valence-electron chi connectivity index (χ4n) is 3.09. The summed E-state index contributed by atoms with van der Waals surface area (Å²) in [5.41, 5.74) is 2.66. The summed E-state index contributed by atoms with van der Waals surface area (Å²) in [4.78, 5) is 11.8. The Kier molecular flexibility index (Phi) is 3.62. The molecule has 0 fully saturated rings. The molecule has 2 aromatic rings. The minimum atomic E-state index is -1.00. The number of phenolic OH excluding ortho intramolecular Hbond substituents is 1. The van der Waals surface area contributed by atoms with Crippen LogP contribution in [0.4, 0.5) is 0 Å². The molecule has 0 spiro atoms. The summed E-state index contributed by atoms with van der Waals surface area (Å²) >= 11 is 0. The van der Waals surface area contributed by atoms with Gasteiger partial charge in [0.05, 0.1) is 0 Å². The maximum Gasteiger partial charge on any atom is 0.324 e. The number of carboxylic acid groups (broad SMARTS) is 1. The summed E-state index contributed by atoms with van der Waals surface area (Å²) in [6, 6.07) is 13.3. The van der Waals surface area contributed by atoms with E-state index in [9.17, 15) is 15.0 Å². The highest BCUT2D eigenvalue weighted by Gasteiger charge is 2.43. The van der Waals surface area contributed by atoms with E-state index in [1.54, 1.807) is 0 Å². The summed E-state index contributed by atoms with van der Waals surface area (Å²) in [6.07, 6.45) is 0.927. The first-order chi connectivity index (χ1) is 10.5. The van der Waals surface area contributed by atoms with E-state index >= 15 is 0 Å². The molecule has 0 atom stereocenters. The number of benzene rings is 2. The van der Waals surface area contributed by atoms with E-state index in [4.69, 9.17) is 0 Å². The van der Waals surface area contributed by atoms with Crippen molar-refractivity contribution >= 4 is 5.97 Å². The summed E-state index contributed by atoms with van der Waals surface area (Å²) in [5.74, 6) is -0.623. The molecule has 0 saturated heterocycles. The number of phenols is 1. The molecule has 1 aliphatic carbocycles. The van der Waals surface area contributed by atoms with Crippen molar-refractivity contribution < 1.29 is 15.0 Å². The first kappa shape index (κ1) is 14.6. The van der Waals surface area contributed by atoms with Gasteiger partial charge in [0.15, 0.2) is 0 Å². The summed E-state index contributed by atoms with van der Waals surface area (Å²) in [6.45, 7) is 2.16. The summed E-state index contributed by atoms with van der Waals surface area (Å²) in [7, 11) is 0. The van der Waals surface area contributed by atoms with Crippen molar-refractivity contribution in [3.63, 3.8) is 0 Å². The van der Waals surface area contributed by atoms with Crippen molar-refractivity contribution in [2.45, 2.75) is 31.8 Å². The second kappa shape index (κ2) is 5.46. The van der Waals surface area contributed by atoms with E-state index in [-0.39, 0.29) is 5.75 Å². The predicted octanol–water partition coefficient (Wildman–Crippen LogP) is 2.41. The Labute approximate surface area is 129 Å². The number of carbonyl (C=O) groups is 1. The normalized spacial score (nSPS) is 15.5. The third kappa shape index (κ3) is 2.46. The zero-order valence-electron chi connectivity index (χ0n) is 12.5. The van der Waals surface area contributed by atoms with Gasteiger partial charge in [-0.25, -0.2) is 0 Å². The first-order valence-corrected chi connectivity index (χ1v) is 7.34. The molecule has 0 radical (unpaired) electrons. The SMILES string of the molecule is Cc1cccc(CNC2(C(=O)O)Cc3ccccc3C2)c1O. The number of hydrogen-bond acceptors (Lipinski definition) is 3. The van der Waals surface area contributed by atoms with Crippen LogP contribution in [0.2, 0.25) is 0 Å². The number of rotatable bonds is 4. The van der Waals surface area contributed by atoms with Crippen molar-refractivity contribution in [1.82, 2.24) is 5.32 Å². The van der Waals surface area contributed by atoms with E-state index in [0.29, 0.717) is 19.4 Å². The molecular weight excluding hydrogens is 278 g/mol. The smallest absolute Gasteiger partial charge is 0.324 e. The van der Waals surface area contributed by atoms with E-state index < -0.39 is 11.5 Å². The van der Waals surface area contributed by atoms with Crippen molar-refractivity contribution in [1.29, 1.82) is 0 Å². The van der Waals surface area contributed by atoms with Crippen molar-refractivity contribution in [2.75, 3.05) is 0 Å². The van der Waals surface area contributed by atoms with Crippen LogP contribution in [0.15, 0.2) is 42.5 Å². The molecule has 3 N–H and O–H groups in total. The largest absolute Gasteiger partial charge is 0.507 e. The molecular formula is C18H19NO3. The van der Waals surface area contributed by atoms with E-state index in [1.807, 2.05) is 49.4 Å². The molecule has 0 bridgehead atoms. The summed E-state index contributed by atoms with van der Waals surface area (Å²) < 4.78 is 0. The Hall–Kier alpha value is -2.33. The van der Waals surface area contributed by atoms with E-state index in [2.05, 4.69) is 5.32 Å². The lowest BCUT2D eigenvalue weighted by molar-refractivity contribution is -0.144. The van der Waals surface area contributed by atoms with Gasteiger partial charge >= 0.3 is 5.97 Å². The maximum atomic E-state index is 11.8. The van der Waals surface area contributed by atoms with Crippen LogP contribution < -0.4 is 5.32 Å². The third-order valence-corrected chi connectivity index (χ3v) is 4.45. The molecule has 4 nitrogen and oxygen atoms in total. The fourth-order valence-corrected chi connectivity index (χ4v) is 3.09. The average Bonchev–Trinajstić information content (AvgIpc) is 2.89. The van der Waals surface area contributed by atoms with Gasteiger partial charge in [0.25, 0.3) is 0 Å². The monoisotopic (exact) mass is 297 g/mol. The number of para-hydroxylation sites is 1. The highest BCUT2D eigenvalue weighted by molar-refractivity contribution is 5.81. The van der Waals surface area contributed by atoms with Gasteiger partial charge in [-0.15, -0.1) is 0 Å². The van der Waals surface area contributed by atoms with Crippen LogP contribution in [0.25, 0.3) is 0 Å². The second-order valence-electron chi connectivity index (χ2n) is 5.95. The predicted molar refractivity (Wildman–Crippen MR) is 83.9 cm³/mol. The minimum absolute atomic E-state index is 0.228. The zero-order valence-corrected chi connectivity index (χ0v) is 12.5. The van der Waals surface area contributed by atoms with Gasteiger partial charge in [-0.2, -0.15) is 0 Å². The van der Waals surface area contributed by atoms with Gasteiger partial charge in [-0.1, -0.05) is 42.5 Å². The van der Waals surface area contributed by atoms with Crippen LogP contribution >= 0.6 is 0 Å². The third-order valence-electron chi connectivity index (χ3n) is 4.45. The van der Waals surface area contributed by atoms with Crippen molar-refractivity contribution in [3.05, 3.63) is 64.7 Å². The molecule has 4 heteroatoms. The molecule has 3 rings (SSSR count). The number of aryl methyl sites for hydroxylation is 1. The number of fused-ring (bicyclic) bond motifs is 1. The van der Waals surface area contributed by atoms with Gasteiger partial charge in [0.2, 0.25) is 0 Å². The van der Waals surface area contributed by atoms with Gasteiger partial charge in [-0.05, 0) is 23.6 Å². The average molecular weight is 297 g/mol. The van der Waals surface area contributed by atoms with Gasteiger partial charge in [0, 0.05) is 24.9 Å². The lowest BCUT2D eigenvalue weighted by atomic mass is 9.95. The van der Waals surface area contributed by atoms with Gasteiger partial charge in [0.1, 0.15) is 11.3 Å². The Balaban J connectivity index is 1.83. The van der Waals surface area contributed by atoms with Crippen LogP contribution in [0.3, 0.4) is 0 Å². The zero-order chi connectivity index (χ0) is 15.7. The van der Waals surface area contributed by atoms with Gasteiger partial charge in [-0.3, -0.25) is 10.1 Å². The van der Waals surface area contributed by atoms with Crippen molar-refractivity contribution in [2.24, 2.45) is 0 Å². The second-order valence-corrected chi connectivity index (χ2v) is 5.95. The summed E-state index contributed by atoms with van der Waals surface area (Å²) in [5, 5.41) is 23.0. The molecule has 0 amide bonds. The number of nitrogens with one attached hydrogen (secondary N) is 1. The minimum Gasteiger partial charge on any atom is -0.507 e. The Bertz CT molecular complexity index is 699. The van der Waals surface area contributed by atoms with Crippen LogP contribution in [0, 0.1) is 6.92 Å². The molecule has 22 heavy (non-hydrogen) atoms. The van der Waals surface area contributed by atoms with Gasteiger partial charge < -0.3 is 10.2 Å². The molecule has 114 valence electrons. The molecule has 0 saturated carbocycles. The number of carboxylic acids is 1. The lowest BCUT2D eigenvalue weighted by Crippen LogP contribution is -2.52.